The lowest BCUT2D eigenvalue weighted by molar-refractivity contribution is -0.137. The molecular formula is C11H13ClF3N. The number of alkyl halides is 3. The number of hydrogen-bond acceptors (Lipinski definition) is 1. The highest BCUT2D eigenvalue weighted by Gasteiger charge is 2.30. The quantitative estimate of drug-likeness (QED) is 0.815. The Hall–Kier alpha value is -1.00. The minimum atomic E-state index is -4.29. The van der Waals surface area contributed by atoms with Crippen LogP contribution in [0.15, 0.2) is 36.9 Å². The van der Waals surface area contributed by atoms with Crippen molar-refractivity contribution in [3.05, 3.63) is 48.0 Å². The maximum Gasteiger partial charge on any atom is 0.416 e. The highest BCUT2D eigenvalue weighted by atomic mass is 35.5. The van der Waals surface area contributed by atoms with Gasteiger partial charge >= 0.3 is 6.18 Å². The normalized spacial score (nSPS) is 12.8. The van der Waals surface area contributed by atoms with Crippen LogP contribution in [0.2, 0.25) is 0 Å². The van der Waals surface area contributed by atoms with Crippen molar-refractivity contribution in [3.63, 3.8) is 0 Å². The van der Waals surface area contributed by atoms with Gasteiger partial charge in [0.25, 0.3) is 0 Å². The second kappa shape index (κ2) is 5.92. The number of nitrogens with two attached hydrogens (primary N) is 1. The molecule has 90 valence electrons. The molecule has 1 aromatic rings. The van der Waals surface area contributed by atoms with Gasteiger partial charge in [-0.1, -0.05) is 18.2 Å². The topological polar surface area (TPSA) is 26.0 Å². The Morgan fingerprint density at radius 2 is 1.75 bits per heavy atom. The number of rotatable bonds is 3. The van der Waals surface area contributed by atoms with E-state index in [-0.39, 0.29) is 18.4 Å². The third kappa shape index (κ3) is 3.87. The molecule has 0 bridgehead atoms. The first-order valence-electron chi connectivity index (χ1n) is 4.49. The Morgan fingerprint density at radius 3 is 2.12 bits per heavy atom. The van der Waals surface area contributed by atoms with Crippen molar-refractivity contribution in [2.24, 2.45) is 5.73 Å². The van der Waals surface area contributed by atoms with E-state index in [1.54, 1.807) is 6.08 Å². The molecule has 0 fully saturated rings. The average Bonchev–Trinajstić information content (AvgIpc) is 2.17. The lowest BCUT2D eigenvalue weighted by Crippen LogP contribution is -2.10. The summed E-state index contributed by atoms with van der Waals surface area (Å²) in [5.74, 6) is 0. The largest absolute Gasteiger partial charge is 0.416 e. The van der Waals surface area contributed by atoms with E-state index in [1.165, 1.54) is 12.1 Å². The van der Waals surface area contributed by atoms with Crippen molar-refractivity contribution >= 4 is 12.4 Å². The Morgan fingerprint density at radius 1 is 1.25 bits per heavy atom. The van der Waals surface area contributed by atoms with Crippen LogP contribution in [0.1, 0.15) is 23.6 Å². The summed E-state index contributed by atoms with van der Waals surface area (Å²) in [6, 6.07) is 4.59. The summed E-state index contributed by atoms with van der Waals surface area (Å²) in [6.07, 6.45) is -2.10. The van der Waals surface area contributed by atoms with Crippen LogP contribution in [-0.2, 0) is 6.18 Å². The van der Waals surface area contributed by atoms with Crippen LogP contribution < -0.4 is 5.73 Å². The van der Waals surface area contributed by atoms with Gasteiger partial charge in [-0.2, -0.15) is 13.2 Å². The molecule has 1 atom stereocenters. The zero-order valence-corrected chi connectivity index (χ0v) is 9.31. The molecule has 0 spiro atoms. The van der Waals surface area contributed by atoms with Crippen molar-refractivity contribution in [2.45, 2.75) is 18.6 Å². The lowest BCUT2D eigenvalue weighted by Gasteiger charge is -2.11. The van der Waals surface area contributed by atoms with Gasteiger partial charge in [-0.15, -0.1) is 19.0 Å². The maximum atomic E-state index is 12.2. The Kier molecular flexibility index (Phi) is 5.55. The van der Waals surface area contributed by atoms with Gasteiger partial charge in [0.15, 0.2) is 0 Å². The molecule has 2 N–H and O–H groups in total. The molecule has 1 nitrogen and oxygen atoms in total. The highest BCUT2D eigenvalue weighted by molar-refractivity contribution is 5.85. The third-order valence-corrected chi connectivity index (χ3v) is 2.09. The fourth-order valence-electron chi connectivity index (χ4n) is 1.23. The van der Waals surface area contributed by atoms with Crippen molar-refractivity contribution in [1.29, 1.82) is 0 Å². The first kappa shape index (κ1) is 15.0. The predicted octanol–water partition coefficient (Wildman–Crippen LogP) is 3.70. The molecule has 0 amide bonds. The summed E-state index contributed by atoms with van der Waals surface area (Å²) < 4.78 is 36.7. The molecular weight excluding hydrogens is 239 g/mol. The van der Waals surface area contributed by atoms with Gasteiger partial charge in [0.05, 0.1) is 5.56 Å². The molecule has 0 saturated carbocycles. The summed E-state index contributed by atoms with van der Waals surface area (Å²) in [7, 11) is 0. The van der Waals surface area contributed by atoms with Crippen LogP contribution in [0.5, 0.6) is 0 Å². The van der Waals surface area contributed by atoms with Crippen LogP contribution in [-0.4, -0.2) is 0 Å². The zero-order valence-electron chi connectivity index (χ0n) is 8.50. The molecule has 0 aromatic heterocycles. The standard InChI is InChI=1S/C11H12F3N.ClH/c1-2-3-10(15)8-4-6-9(7-5-8)11(12,13)14;/h2,4-7,10H,1,3,15H2;1H/t10-;/m0./s1. The monoisotopic (exact) mass is 251 g/mol. The summed E-state index contributed by atoms with van der Waals surface area (Å²) in [5.41, 5.74) is 5.74. The molecule has 5 heteroatoms. The van der Waals surface area contributed by atoms with Crippen molar-refractivity contribution < 1.29 is 13.2 Å². The van der Waals surface area contributed by atoms with E-state index in [1.807, 2.05) is 0 Å². The van der Waals surface area contributed by atoms with Gasteiger partial charge in [0.1, 0.15) is 0 Å². The average molecular weight is 252 g/mol. The molecule has 0 aliphatic carbocycles. The molecule has 0 radical (unpaired) electrons. The van der Waals surface area contributed by atoms with Crippen LogP contribution in [0.4, 0.5) is 13.2 Å². The van der Waals surface area contributed by atoms with E-state index >= 15 is 0 Å². The summed E-state index contributed by atoms with van der Waals surface area (Å²) in [6.45, 7) is 3.52. The summed E-state index contributed by atoms with van der Waals surface area (Å²) >= 11 is 0. The summed E-state index contributed by atoms with van der Waals surface area (Å²) in [5, 5.41) is 0. The fourth-order valence-corrected chi connectivity index (χ4v) is 1.23. The molecule has 1 aromatic carbocycles. The fraction of sp³-hybridized carbons (Fsp3) is 0.273. The Balaban J connectivity index is 0.00000225. The molecule has 0 heterocycles. The van der Waals surface area contributed by atoms with E-state index in [0.29, 0.717) is 12.0 Å². The van der Waals surface area contributed by atoms with Crippen molar-refractivity contribution in [3.8, 4) is 0 Å². The SMILES string of the molecule is C=CC[C@H](N)c1ccc(C(F)(F)F)cc1.Cl. The van der Waals surface area contributed by atoms with Gasteiger partial charge < -0.3 is 5.73 Å². The van der Waals surface area contributed by atoms with Crippen LogP contribution in [0, 0.1) is 0 Å². The van der Waals surface area contributed by atoms with Crippen molar-refractivity contribution in [2.75, 3.05) is 0 Å². The van der Waals surface area contributed by atoms with Gasteiger partial charge in [-0.25, -0.2) is 0 Å². The minimum absolute atomic E-state index is 0. The Bertz CT molecular complexity index is 332. The Labute approximate surface area is 98.6 Å². The predicted molar refractivity (Wildman–Crippen MR) is 60.4 cm³/mol. The first-order chi connectivity index (χ1) is 6.95. The van der Waals surface area contributed by atoms with Crippen molar-refractivity contribution in [1.82, 2.24) is 0 Å². The molecule has 0 unspecified atom stereocenters. The maximum absolute atomic E-state index is 12.2. The molecule has 0 saturated heterocycles. The number of halogens is 4. The minimum Gasteiger partial charge on any atom is -0.324 e. The molecule has 0 aliphatic heterocycles. The number of hydrogen-bond donors (Lipinski definition) is 1. The zero-order chi connectivity index (χ0) is 11.5. The highest BCUT2D eigenvalue weighted by Crippen LogP contribution is 2.29. The smallest absolute Gasteiger partial charge is 0.324 e. The van der Waals surface area contributed by atoms with Gasteiger partial charge in [-0.05, 0) is 24.1 Å². The second-order valence-corrected chi connectivity index (χ2v) is 3.25. The van der Waals surface area contributed by atoms with E-state index < -0.39 is 11.7 Å². The van der Waals surface area contributed by atoms with E-state index in [9.17, 15) is 13.2 Å². The van der Waals surface area contributed by atoms with E-state index in [4.69, 9.17) is 5.73 Å². The lowest BCUT2D eigenvalue weighted by atomic mass is 10.0. The summed E-state index contributed by atoms with van der Waals surface area (Å²) in [4.78, 5) is 0. The molecule has 1 rings (SSSR count). The second-order valence-electron chi connectivity index (χ2n) is 3.25. The van der Waals surface area contributed by atoms with Gasteiger partial charge in [0, 0.05) is 6.04 Å². The van der Waals surface area contributed by atoms with E-state index in [2.05, 4.69) is 6.58 Å². The molecule has 16 heavy (non-hydrogen) atoms. The van der Waals surface area contributed by atoms with Gasteiger partial charge in [-0.3, -0.25) is 0 Å². The van der Waals surface area contributed by atoms with Gasteiger partial charge in [0.2, 0.25) is 0 Å². The third-order valence-electron chi connectivity index (χ3n) is 2.09. The van der Waals surface area contributed by atoms with Crippen LogP contribution in [0.3, 0.4) is 0 Å². The van der Waals surface area contributed by atoms with E-state index in [0.717, 1.165) is 12.1 Å². The first-order valence-corrected chi connectivity index (χ1v) is 4.49. The molecule has 0 aliphatic rings. The van der Waals surface area contributed by atoms with Crippen LogP contribution >= 0.6 is 12.4 Å². The number of benzene rings is 1. The van der Waals surface area contributed by atoms with Crippen LogP contribution in [0.25, 0.3) is 0 Å².